The number of rotatable bonds is 6. The Bertz CT molecular complexity index is 371. The van der Waals surface area contributed by atoms with Crippen molar-refractivity contribution in [2.45, 2.75) is 24.3 Å². The van der Waals surface area contributed by atoms with E-state index in [0.29, 0.717) is 12.0 Å². The van der Waals surface area contributed by atoms with Gasteiger partial charge in [-0.05, 0) is 12.0 Å². The van der Waals surface area contributed by atoms with Gasteiger partial charge in [0.1, 0.15) is 5.38 Å². The number of nitrogens with one attached hydrogen (secondary N) is 1. The normalized spacial score (nSPS) is 13.1. The second kappa shape index (κ2) is 6.73. The van der Waals surface area contributed by atoms with E-state index in [4.69, 9.17) is 11.6 Å². The highest BCUT2D eigenvalue weighted by molar-refractivity contribution is 6.30. The van der Waals surface area contributed by atoms with Crippen molar-refractivity contribution in [3.8, 4) is 0 Å². The Morgan fingerprint density at radius 2 is 1.89 bits per heavy atom. The van der Waals surface area contributed by atoms with Gasteiger partial charge in [-0.25, -0.2) is 0 Å². The Morgan fingerprint density at radius 3 is 2.33 bits per heavy atom. The van der Waals surface area contributed by atoms with Gasteiger partial charge in [-0.1, -0.05) is 37.3 Å². The summed E-state index contributed by atoms with van der Waals surface area (Å²) in [4.78, 5) is 12.0. The van der Waals surface area contributed by atoms with Crippen molar-refractivity contribution in [3.63, 3.8) is 0 Å². The zero-order valence-corrected chi connectivity index (χ0v) is 11.0. The van der Waals surface area contributed by atoms with E-state index in [9.17, 15) is 15.0 Å². The third-order valence-corrected chi connectivity index (χ3v) is 3.44. The van der Waals surface area contributed by atoms with E-state index in [1.54, 1.807) is 31.2 Å². The van der Waals surface area contributed by atoms with Gasteiger partial charge >= 0.3 is 0 Å². The van der Waals surface area contributed by atoms with Crippen molar-refractivity contribution < 1.29 is 15.0 Å². The van der Waals surface area contributed by atoms with Crippen LogP contribution in [0.25, 0.3) is 0 Å². The summed E-state index contributed by atoms with van der Waals surface area (Å²) < 4.78 is 0. The van der Waals surface area contributed by atoms with Crippen molar-refractivity contribution in [2.24, 2.45) is 0 Å². The van der Waals surface area contributed by atoms with E-state index in [0.717, 1.165) is 0 Å². The number of hydrogen-bond acceptors (Lipinski definition) is 3. The Hall–Kier alpha value is -1.10. The Labute approximate surface area is 112 Å². The van der Waals surface area contributed by atoms with Crippen LogP contribution in [-0.4, -0.2) is 34.9 Å². The van der Waals surface area contributed by atoms with Gasteiger partial charge in [0.05, 0.1) is 18.8 Å². The molecule has 0 radical (unpaired) electrons. The molecule has 0 fully saturated rings. The SMILES string of the molecule is CCC(CO)(CO)NC(=O)C(Cl)c1ccccc1. The number of carbonyl (C=O) groups is 1. The van der Waals surface area contributed by atoms with E-state index in [1.165, 1.54) is 0 Å². The molecule has 0 aliphatic heterocycles. The molecule has 4 nitrogen and oxygen atoms in total. The van der Waals surface area contributed by atoms with Crippen LogP contribution in [0.5, 0.6) is 0 Å². The largest absolute Gasteiger partial charge is 0.394 e. The summed E-state index contributed by atoms with van der Waals surface area (Å²) in [6.07, 6.45) is 0.421. The van der Waals surface area contributed by atoms with Crippen molar-refractivity contribution >= 4 is 17.5 Å². The molecule has 3 N–H and O–H groups in total. The molecule has 0 heterocycles. The van der Waals surface area contributed by atoms with Gasteiger partial charge in [0.15, 0.2) is 0 Å². The standard InChI is InChI=1S/C13H18ClNO3/c1-2-13(8-16,9-17)15-12(18)11(14)10-6-4-3-5-7-10/h3-7,11,16-17H,2,8-9H2,1H3,(H,15,18). The number of amides is 1. The average Bonchev–Trinajstić information content (AvgIpc) is 2.45. The number of benzene rings is 1. The molecular formula is C13H18ClNO3. The minimum absolute atomic E-state index is 0.329. The Morgan fingerprint density at radius 1 is 1.33 bits per heavy atom. The lowest BCUT2D eigenvalue weighted by Gasteiger charge is -2.30. The summed E-state index contributed by atoms with van der Waals surface area (Å²) in [5, 5.41) is 20.3. The van der Waals surface area contributed by atoms with Gasteiger partial charge in [-0.3, -0.25) is 4.79 Å². The molecular weight excluding hydrogens is 254 g/mol. The summed E-state index contributed by atoms with van der Waals surface area (Å²) >= 11 is 6.06. The first kappa shape index (κ1) is 15.0. The number of carbonyl (C=O) groups excluding carboxylic acids is 1. The van der Waals surface area contributed by atoms with Crippen LogP contribution in [0.1, 0.15) is 24.3 Å². The van der Waals surface area contributed by atoms with Gasteiger partial charge < -0.3 is 15.5 Å². The molecule has 1 aromatic rings. The Kier molecular flexibility index (Phi) is 5.59. The molecule has 0 spiro atoms. The van der Waals surface area contributed by atoms with E-state index in [-0.39, 0.29) is 13.2 Å². The van der Waals surface area contributed by atoms with Gasteiger partial charge in [0.25, 0.3) is 0 Å². The number of alkyl halides is 1. The van der Waals surface area contributed by atoms with Crippen molar-refractivity contribution in [2.75, 3.05) is 13.2 Å². The second-order valence-electron chi connectivity index (χ2n) is 4.21. The van der Waals surface area contributed by atoms with Crippen LogP contribution in [0, 0.1) is 0 Å². The maximum atomic E-state index is 12.0. The predicted molar refractivity (Wildman–Crippen MR) is 70.4 cm³/mol. The summed E-state index contributed by atoms with van der Waals surface area (Å²) in [5.74, 6) is -0.423. The van der Waals surface area contributed by atoms with Crippen LogP contribution in [0.3, 0.4) is 0 Å². The van der Waals surface area contributed by atoms with Gasteiger partial charge in [0.2, 0.25) is 5.91 Å². The molecule has 0 aromatic heterocycles. The van der Waals surface area contributed by atoms with Crippen molar-refractivity contribution in [1.29, 1.82) is 0 Å². The first-order valence-electron chi connectivity index (χ1n) is 5.81. The molecule has 0 aliphatic rings. The molecule has 18 heavy (non-hydrogen) atoms. The molecule has 1 amide bonds. The fourth-order valence-electron chi connectivity index (χ4n) is 1.54. The highest BCUT2D eigenvalue weighted by atomic mass is 35.5. The number of halogens is 1. The van der Waals surface area contributed by atoms with Crippen molar-refractivity contribution in [1.82, 2.24) is 5.32 Å². The summed E-state index contributed by atoms with van der Waals surface area (Å²) in [6, 6.07) is 8.93. The van der Waals surface area contributed by atoms with Crippen LogP contribution in [0.15, 0.2) is 30.3 Å². The van der Waals surface area contributed by atoms with Crippen LogP contribution in [-0.2, 0) is 4.79 Å². The first-order chi connectivity index (χ1) is 8.58. The molecule has 1 aromatic carbocycles. The van der Waals surface area contributed by atoms with Crippen LogP contribution in [0.4, 0.5) is 0 Å². The fourth-order valence-corrected chi connectivity index (χ4v) is 1.74. The Balaban J connectivity index is 2.76. The zero-order valence-electron chi connectivity index (χ0n) is 10.3. The molecule has 100 valence electrons. The summed E-state index contributed by atoms with van der Waals surface area (Å²) in [7, 11) is 0. The summed E-state index contributed by atoms with van der Waals surface area (Å²) in [5.41, 5.74) is -0.337. The molecule has 5 heteroatoms. The van der Waals surface area contributed by atoms with Crippen molar-refractivity contribution in [3.05, 3.63) is 35.9 Å². The second-order valence-corrected chi connectivity index (χ2v) is 4.65. The molecule has 0 saturated carbocycles. The third-order valence-electron chi connectivity index (χ3n) is 2.99. The number of aliphatic hydroxyl groups excluding tert-OH is 2. The first-order valence-corrected chi connectivity index (χ1v) is 6.25. The van der Waals surface area contributed by atoms with E-state index >= 15 is 0 Å². The molecule has 1 rings (SSSR count). The maximum absolute atomic E-state index is 12.0. The van der Waals surface area contributed by atoms with Crippen LogP contribution in [0.2, 0.25) is 0 Å². The van der Waals surface area contributed by atoms with Gasteiger partial charge in [-0.15, -0.1) is 11.6 Å². The van der Waals surface area contributed by atoms with E-state index in [1.807, 2.05) is 6.07 Å². The third kappa shape index (κ3) is 3.45. The quantitative estimate of drug-likeness (QED) is 0.682. The monoisotopic (exact) mass is 271 g/mol. The molecule has 1 atom stereocenters. The lowest BCUT2D eigenvalue weighted by atomic mass is 9.98. The van der Waals surface area contributed by atoms with Crippen LogP contribution < -0.4 is 5.32 Å². The van der Waals surface area contributed by atoms with Crippen LogP contribution >= 0.6 is 11.6 Å². The maximum Gasteiger partial charge on any atom is 0.243 e. The highest BCUT2D eigenvalue weighted by Crippen LogP contribution is 2.21. The van der Waals surface area contributed by atoms with Gasteiger partial charge in [0, 0.05) is 0 Å². The average molecular weight is 272 g/mol. The fraction of sp³-hybridized carbons (Fsp3) is 0.462. The molecule has 1 unspecified atom stereocenters. The summed E-state index contributed by atoms with van der Waals surface area (Å²) in [6.45, 7) is 1.12. The van der Waals surface area contributed by atoms with E-state index in [2.05, 4.69) is 5.32 Å². The molecule has 0 saturated heterocycles. The molecule has 0 bridgehead atoms. The van der Waals surface area contributed by atoms with Gasteiger partial charge in [-0.2, -0.15) is 0 Å². The number of hydrogen-bond donors (Lipinski definition) is 3. The lowest BCUT2D eigenvalue weighted by molar-refractivity contribution is -0.124. The molecule has 0 aliphatic carbocycles. The number of aliphatic hydroxyl groups is 2. The minimum atomic E-state index is -1.01. The smallest absolute Gasteiger partial charge is 0.243 e. The lowest BCUT2D eigenvalue weighted by Crippen LogP contribution is -2.54. The van der Waals surface area contributed by atoms with E-state index < -0.39 is 16.8 Å². The zero-order chi connectivity index (χ0) is 13.6. The highest BCUT2D eigenvalue weighted by Gasteiger charge is 2.31. The predicted octanol–water partition coefficient (Wildman–Crippen LogP) is 1.22. The minimum Gasteiger partial charge on any atom is -0.394 e. The topological polar surface area (TPSA) is 69.6 Å².